The molecule has 0 atom stereocenters. The summed E-state index contributed by atoms with van der Waals surface area (Å²) in [7, 11) is 0. The number of hydrogen-bond donors (Lipinski definition) is 0. The predicted molar refractivity (Wildman–Crippen MR) is 99.4 cm³/mol. The smallest absolute Gasteiger partial charge is 0.137 e. The van der Waals surface area contributed by atoms with Crippen LogP contribution in [0.25, 0.3) is 5.69 Å². The first-order valence-corrected chi connectivity index (χ1v) is 8.82. The summed E-state index contributed by atoms with van der Waals surface area (Å²) in [6.07, 6.45) is 0. The highest BCUT2D eigenvalue weighted by Crippen LogP contribution is 2.28. The van der Waals surface area contributed by atoms with Crippen LogP contribution in [0.5, 0.6) is 5.75 Å². The minimum Gasteiger partial charge on any atom is -0.492 e. The summed E-state index contributed by atoms with van der Waals surface area (Å²) in [5.74, 6) is 0.979. The Morgan fingerprint density at radius 3 is 2.68 bits per heavy atom. The van der Waals surface area contributed by atoms with Crippen molar-refractivity contribution in [2.24, 2.45) is 0 Å². The molecule has 0 spiro atoms. The van der Waals surface area contributed by atoms with Crippen LogP contribution in [0, 0.1) is 6.92 Å². The standard InChI is InChI=1S/C20H20ClN3O/c1-15-18(20(21)24(22-15)17-8-3-2-4-9-17)14-23-11-12-25-19-10-6-5-7-16(19)13-23/h2-10H,11-14H2,1H3. The molecule has 0 amide bonds. The Balaban J connectivity index is 1.60. The largest absolute Gasteiger partial charge is 0.492 e. The molecule has 0 unspecified atom stereocenters. The van der Waals surface area contributed by atoms with Gasteiger partial charge in [0.15, 0.2) is 0 Å². The predicted octanol–water partition coefficient (Wildman–Crippen LogP) is 4.23. The molecule has 128 valence electrons. The van der Waals surface area contributed by atoms with Crippen molar-refractivity contribution in [2.75, 3.05) is 13.2 Å². The number of aromatic nitrogens is 2. The number of ether oxygens (including phenoxy) is 1. The quantitative estimate of drug-likeness (QED) is 0.706. The van der Waals surface area contributed by atoms with Gasteiger partial charge in [-0.25, -0.2) is 4.68 Å². The molecule has 1 aliphatic heterocycles. The van der Waals surface area contributed by atoms with Crippen molar-refractivity contribution in [3.8, 4) is 11.4 Å². The third kappa shape index (κ3) is 3.28. The van der Waals surface area contributed by atoms with Gasteiger partial charge >= 0.3 is 0 Å². The second-order valence-corrected chi connectivity index (χ2v) is 6.63. The first kappa shape index (κ1) is 16.2. The Hall–Kier alpha value is -2.30. The number of benzene rings is 2. The summed E-state index contributed by atoms with van der Waals surface area (Å²) in [6.45, 7) is 5.17. The van der Waals surface area contributed by atoms with Crippen LogP contribution in [0.1, 0.15) is 16.8 Å². The lowest BCUT2D eigenvalue weighted by molar-refractivity contribution is 0.219. The summed E-state index contributed by atoms with van der Waals surface area (Å²) in [4.78, 5) is 2.36. The average Bonchev–Trinajstić information content (AvgIpc) is 2.81. The number of rotatable bonds is 3. The van der Waals surface area contributed by atoms with Crippen molar-refractivity contribution in [1.82, 2.24) is 14.7 Å². The lowest BCUT2D eigenvalue weighted by atomic mass is 10.1. The molecule has 0 aliphatic carbocycles. The zero-order valence-electron chi connectivity index (χ0n) is 14.2. The summed E-state index contributed by atoms with van der Waals surface area (Å²) >= 11 is 6.67. The Morgan fingerprint density at radius 2 is 1.84 bits per heavy atom. The zero-order valence-corrected chi connectivity index (χ0v) is 14.9. The Bertz CT molecular complexity index is 876. The van der Waals surface area contributed by atoms with E-state index in [0.29, 0.717) is 11.8 Å². The summed E-state index contributed by atoms with van der Waals surface area (Å²) < 4.78 is 7.67. The van der Waals surface area contributed by atoms with Crippen molar-refractivity contribution in [1.29, 1.82) is 0 Å². The molecule has 1 aliphatic rings. The van der Waals surface area contributed by atoms with E-state index in [0.717, 1.165) is 42.3 Å². The van der Waals surface area contributed by atoms with E-state index in [1.165, 1.54) is 5.56 Å². The Labute approximate surface area is 152 Å². The molecule has 1 aromatic heterocycles. The molecule has 4 nitrogen and oxygen atoms in total. The van der Waals surface area contributed by atoms with Crippen LogP contribution >= 0.6 is 11.6 Å². The van der Waals surface area contributed by atoms with Crippen molar-refractivity contribution in [3.05, 3.63) is 76.6 Å². The maximum absolute atomic E-state index is 6.67. The van der Waals surface area contributed by atoms with Crippen LogP contribution in [-0.2, 0) is 13.1 Å². The van der Waals surface area contributed by atoms with Gasteiger partial charge in [0.05, 0.1) is 11.4 Å². The van der Waals surface area contributed by atoms with Crippen LogP contribution in [0.2, 0.25) is 5.15 Å². The number of aryl methyl sites for hydroxylation is 1. The van der Waals surface area contributed by atoms with E-state index in [-0.39, 0.29) is 0 Å². The normalized spacial score (nSPS) is 14.6. The zero-order chi connectivity index (χ0) is 17.2. The molecule has 4 rings (SSSR count). The maximum Gasteiger partial charge on any atom is 0.137 e. The molecular weight excluding hydrogens is 334 g/mol. The molecule has 2 heterocycles. The fourth-order valence-corrected chi connectivity index (χ4v) is 3.52. The van der Waals surface area contributed by atoms with Gasteiger partial charge in [0.25, 0.3) is 0 Å². The van der Waals surface area contributed by atoms with Crippen molar-refractivity contribution in [2.45, 2.75) is 20.0 Å². The monoisotopic (exact) mass is 353 g/mol. The molecule has 5 heteroatoms. The Morgan fingerprint density at radius 1 is 1.08 bits per heavy atom. The maximum atomic E-state index is 6.67. The molecule has 0 saturated carbocycles. The molecule has 0 N–H and O–H groups in total. The van der Waals surface area contributed by atoms with Gasteiger partial charge in [0.1, 0.15) is 17.5 Å². The highest BCUT2D eigenvalue weighted by molar-refractivity contribution is 6.30. The third-order valence-electron chi connectivity index (χ3n) is 4.54. The van der Waals surface area contributed by atoms with Crippen molar-refractivity contribution < 1.29 is 4.74 Å². The van der Waals surface area contributed by atoms with Crippen LogP contribution in [0.4, 0.5) is 0 Å². The number of fused-ring (bicyclic) bond motifs is 1. The molecule has 3 aromatic rings. The van der Waals surface area contributed by atoms with Crippen molar-refractivity contribution >= 4 is 11.6 Å². The molecule has 0 radical (unpaired) electrons. The van der Waals surface area contributed by atoms with Gasteiger partial charge in [-0.15, -0.1) is 0 Å². The molecule has 0 fully saturated rings. The topological polar surface area (TPSA) is 30.3 Å². The fraction of sp³-hybridized carbons (Fsp3) is 0.250. The van der Waals surface area contributed by atoms with E-state index in [4.69, 9.17) is 16.3 Å². The SMILES string of the molecule is Cc1nn(-c2ccccc2)c(Cl)c1CN1CCOc2ccccc2C1. The third-order valence-corrected chi connectivity index (χ3v) is 4.92. The minimum atomic E-state index is 0.681. The molecule has 0 saturated heterocycles. The summed E-state index contributed by atoms with van der Waals surface area (Å²) in [6, 6.07) is 18.2. The van der Waals surface area contributed by atoms with Crippen LogP contribution in [0.15, 0.2) is 54.6 Å². The van der Waals surface area contributed by atoms with Gasteiger partial charge in [-0.2, -0.15) is 5.10 Å². The first-order valence-electron chi connectivity index (χ1n) is 8.45. The lowest BCUT2D eigenvalue weighted by Gasteiger charge is -2.19. The molecular formula is C20H20ClN3O. The van der Waals surface area contributed by atoms with Crippen LogP contribution < -0.4 is 4.74 Å². The van der Waals surface area contributed by atoms with E-state index < -0.39 is 0 Å². The Kier molecular flexibility index (Phi) is 4.47. The number of hydrogen-bond acceptors (Lipinski definition) is 3. The summed E-state index contributed by atoms with van der Waals surface area (Å²) in [5.41, 5.74) is 4.23. The van der Waals surface area contributed by atoms with Crippen LogP contribution in [-0.4, -0.2) is 27.8 Å². The van der Waals surface area contributed by atoms with Gasteiger partial charge in [0, 0.05) is 30.8 Å². The van der Waals surface area contributed by atoms with E-state index in [1.54, 1.807) is 0 Å². The second kappa shape index (κ2) is 6.90. The molecule has 25 heavy (non-hydrogen) atoms. The average molecular weight is 354 g/mol. The number of nitrogens with zero attached hydrogens (tertiary/aromatic N) is 3. The van der Waals surface area contributed by atoms with Gasteiger partial charge < -0.3 is 4.74 Å². The number of halogens is 1. The fourth-order valence-electron chi connectivity index (χ4n) is 3.19. The highest BCUT2D eigenvalue weighted by atomic mass is 35.5. The number of para-hydroxylation sites is 2. The second-order valence-electron chi connectivity index (χ2n) is 6.27. The van der Waals surface area contributed by atoms with Crippen LogP contribution in [0.3, 0.4) is 0 Å². The van der Waals surface area contributed by atoms with E-state index in [1.807, 2.05) is 54.1 Å². The molecule has 2 aromatic carbocycles. The first-order chi connectivity index (χ1) is 12.2. The van der Waals surface area contributed by atoms with Gasteiger partial charge in [0.2, 0.25) is 0 Å². The summed E-state index contributed by atoms with van der Waals surface area (Å²) in [5, 5.41) is 5.32. The van der Waals surface area contributed by atoms with E-state index in [2.05, 4.69) is 22.1 Å². The van der Waals surface area contributed by atoms with Crippen molar-refractivity contribution in [3.63, 3.8) is 0 Å². The van der Waals surface area contributed by atoms with Gasteiger partial charge in [-0.1, -0.05) is 48.0 Å². The van der Waals surface area contributed by atoms with E-state index >= 15 is 0 Å². The van der Waals surface area contributed by atoms with E-state index in [9.17, 15) is 0 Å². The molecule has 0 bridgehead atoms. The highest BCUT2D eigenvalue weighted by Gasteiger charge is 2.20. The van der Waals surface area contributed by atoms with Gasteiger partial charge in [-0.3, -0.25) is 4.90 Å². The van der Waals surface area contributed by atoms with Gasteiger partial charge in [-0.05, 0) is 25.1 Å². The lowest BCUT2D eigenvalue weighted by Crippen LogP contribution is -2.25. The minimum absolute atomic E-state index is 0.681.